The number of esters is 1. The minimum atomic E-state index is -2.14. The smallest absolute Gasteiger partial charge is 0.306 e. The highest BCUT2D eigenvalue weighted by Crippen LogP contribution is 2.44. The molecule has 1 saturated carbocycles. The molecule has 0 bridgehead atoms. The fourth-order valence-corrected chi connectivity index (χ4v) is 9.17. The first-order valence-electron chi connectivity index (χ1n) is 14.5. The Labute approximate surface area is 224 Å². The van der Waals surface area contributed by atoms with E-state index in [2.05, 4.69) is 73.7 Å². The van der Waals surface area contributed by atoms with Gasteiger partial charge in [0.2, 0.25) is 0 Å². The summed E-state index contributed by atoms with van der Waals surface area (Å²) in [6, 6.07) is 3.06. The van der Waals surface area contributed by atoms with Crippen LogP contribution in [0.2, 0.25) is 36.3 Å². The number of carbonyl (C=O) groups is 2. The summed E-state index contributed by atoms with van der Waals surface area (Å²) in [7, 11) is -4.13. The summed E-state index contributed by atoms with van der Waals surface area (Å²) < 4.78 is 19.2. The van der Waals surface area contributed by atoms with E-state index >= 15 is 0 Å². The molecule has 36 heavy (non-hydrogen) atoms. The van der Waals surface area contributed by atoms with E-state index < -0.39 is 16.6 Å². The Morgan fingerprint density at radius 2 is 1.67 bits per heavy atom. The van der Waals surface area contributed by atoms with Crippen LogP contribution in [-0.4, -0.2) is 47.2 Å². The number of hydrogen-bond donors (Lipinski definition) is 0. The van der Waals surface area contributed by atoms with Crippen molar-refractivity contribution in [3.63, 3.8) is 0 Å². The lowest BCUT2D eigenvalue weighted by molar-refractivity contribution is -0.145. The van der Waals surface area contributed by atoms with Crippen LogP contribution < -0.4 is 0 Å². The molecule has 0 aromatic heterocycles. The van der Waals surface area contributed by atoms with Crippen LogP contribution in [0.1, 0.15) is 93.9 Å². The molecule has 0 N–H and O–H groups in total. The quantitative estimate of drug-likeness (QED) is 0.0857. The average Bonchev–Trinajstić information content (AvgIpc) is 3.09. The number of unbranched alkanes of at least 4 members (excludes halogenated alkanes) is 3. The maximum absolute atomic E-state index is 13.7. The molecule has 0 spiro atoms. The standard InChI is InChI=1S/C29H56O5Si2/c1-11-16-17-18-19-20-25(34-36(13-3,14-4)15-5)28-23(21-27(31)32-12-2)26(22-24(28)30)33-35(9,10)29(6,7)8/h19-20,23,25-26,28H,11-18,21-22H2,1-10H3/b20-19+/t23-,25+,26-,28+/m0/s1. The van der Waals surface area contributed by atoms with E-state index in [9.17, 15) is 9.59 Å². The summed E-state index contributed by atoms with van der Waals surface area (Å²) in [5.74, 6) is -0.680. The Morgan fingerprint density at radius 3 is 2.17 bits per heavy atom. The van der Waals surface area contributed by atoms with Gasteiger partial charge in [0.1, 0.15) is 5.78 Å². The number of rotatable bonds is 16. The van der Waals surface area contributed by atoms with E-state index in [-0.39, 0.29) is 47.3 Å². The molecule has 0 heterocycles. The molecule has 0 unspecified atom stereocenters. The first-order chi connectivity index (χ1) is 16.8. The summed E-state index contributed by atoms with van der Waals surface area (Å²) in [4.78, 5) is 26.4. The third-order valence-corrected chi connectivity index (χ3v) is 17.8. The number of Topliss-reactive ketones (excluding diaryl/α,β-unsaturated/α-hetero) is 1. The maximum atomic E-state index is 13.7. The van der Waals surface area contributed by atoms with Gasteiger partial charge in [-0.25, -0.2) is 0 Å². The summed E-state index contributed by atoms with van der Waals surface area (Å²) in [5.41, 5.74) is 0. The van der Waals surface area contributed by atoms with Crippen molar-refractivity contribution in [2.45, 2.75) is 142 Å². The number of allylic oxidation sites excluding steroid dienone is 1. The molecular formula is C29H56O5Si2. The molecule has 4 atom stereocenters. The second kappa shape index (κ2) is 15.0. The Bertz CT molecular complexity index is 701. The van der Waals surface area contributed by atoms with Gasteiger partial charge >= 0.3 is 5.97 Å². The highest BCUT2D eigenvalue weighted by atomic mass is 28.4. The summed E-state index contributed by atoms with van der Waals surface area (Å²) >= 11 is 0. The van der Waals surface area contributed by atoms with Crippen LogP contribution in [0.25, 0.3) is 0 Å². The largest absolute Gasteiger partial charge is 0.466 e. The van der Waals surface area contributed by atoms with E-state index in [1.54, 1.807) is 0 Å². The van der Waals surface area contributed by atoms with Crippen molar-refractivity contribution in [1.82, 2.24) is 0 Å². The van der Waals surface area contributed by atoms with Crippen molar-refractivity contribution < 1.29 is 23.2 Å². The van der Waals surface area contributed by atoms with E-state index in [1.807, 2.05) is 6.92 Å². The fourth-order valence-electron chi connectivity index (χ4n) is 5.00. The van der Waals surface area contributed by atoms with Crippen molar-refractivity contribution >= 4 is 28.4 Å². The second-order valence-electron chi connectivity index (χ2n) is 12.0. The van der Waals surface area contributed by atoms with Crippen LogP contribution in [-0.2, 0) is 23.2 Å². The predicted octanol–water partition coefficient (Wildman–Crippen LogP) is 8.06. The van der Waals surface area contributed by atoms with Crippen molar-refractivity contribution in [2.75, 3.05) is 6.61 Å². The Hall–Kier alpha value is -0.766. The van der Waals surface area contributed by atoms with Crippen LogP contribution >= 0.6 is 0 Å². The molecule has 5 nitrogen and oxygen atoms in total. The van der Waals surface area contributed by atoms with E-state index in [4.69, 9.17) is 13.6 Å². The van der Waals surface area contributed by atoms with Gasteiger partial charge in [-0.2, -0.15) is 0 Å². The number of hydrogen-bond acceptors (Lipinski definition) is 5. The van der Waals surface area contributed by atoms with Gasteiger partial charge < -0.3 is 13.6 Å². The molecule has 210 valence electrons. The molecule has 0 aromatic rings. The third kappa shape index (κ3) is 9.21. The summed E-state index contributed by atoms with van der Waals surface area (Å²) in [6.45, 7) is 22.1. The van der Waals surface area contributed by atoms with Crippen LogP contribution in [0, 0.1) is 11.8 Å². The lowest BCUT2D eigenvalue weighted by Gasteiger charge is -2.41. The van der Waals surface area contributed by atoms with Gasteiger partial charge in [0.15, 0.2) is 16.6 Å². The molecule has 0 radical (unpaired) electrons. The van der Waals surface area contributed by atoms with Gasteiger partial charge in [0, 0.05) is 12.3 Å². The van der Waals surface area contributed by atoms with Crippen molar-refractivity contribution in [3.8, 4) is 0 Å². The van der Waals surface area contributed by atoms with Crippen molar-refractivity contribution in [2.24, 2.45) is 11.8 Å². The van der Waals surface area contributed by atoms with Gasteiger partial charge in [-0.1, -0.05) is 73.5 Å². The maximum Gasteiger partial charge on any atom is 0.306 e. The van der Waals surface area contributed by atoms with Crippen molar-refractivity contribution in [1.29, 1.82) is 0 Å². The molecular weight excluding hydrogens is 484 g/mol. The fraction of sp³-hybridized carbons (Fsp3) is 0.862. The molecule has 1 aliphatic rings. The van der Waals surface area contributed by atoms with Crippen LogP contribution in [0.5, 0.6) is 0 Å². The Morgan fingerprint density at radius 1 is 1.06 bits per heavy atom. The average molecular weight is 541 g/mol. The van der Waals surface area contributed by atoms with Gasteiger partial charge in [-0.05, 0) is 56.0 Å². The van der Waals surface area contributed by atoms with E-state index in [0.29, 0.717) is 13.0 Å². The molecule has 0 aliphatic heterocycles. The minimum Gasteiger partial charge on any atom is -0.466 e. The molecule has 0 saturated heterocycles. The summed E-state index contributed by atoms with van der Waals surface area (Å²) in [5, 5.41) is 0.0202. The molecule has 7 heteroatoms. The van der Waals surface area contributed by atoms with Crippen LogP contribution in [0.15, 0.2) is 12.2 Å². The first-order valence-corrected chi connectivity index (χ1v) is 20.0. The van der Waals surface area contributed by atoms with Crippen LogP contribution in [0.3, 0.4) is 0 Å². The molecule has 0 amide bonds. The Kier molecular flexibility index (Phi) is 13.8. The highest BCUT2D eigenvalue weighted by molar-refractivity contribution is 6.74. The van der Waals surface area contributed by atoms with Gasteiger partial charge in [0.05, 0.1) is 31.2 Å². The molecule has 0 aromatic carbocycles. The SMILES string of the molecule is CCCCC/C=C/[C@@H](O[Si](CC)(CC)CC)[C@H]1C(=O)C[C@H](O[Si](C)(C)C(C)(C)C)[C@@H]1CC(=O)OCC. The zero-order valence-electron chi connectivity index (χ0n) is 25.1. The molecule has 1 aliphatic carbocycles. The lowest BCUT2D eigenvalue weighted by Crippen LogP contribution is -2.47. The van der Waals surface area contributed by atoms with Crippen molar-refractivity contribution in [3.05, 3.63) is 12.2 Å². The zero-order chi connectivity index (χ0) is 27.6. The number of ether oxygens (including phenoxy) is 1. The number of carbonyl (C=O) groups excluding carboxylic acids is 2. The van der Waals surface area contributed by atoms with Crippen LogP contribution in [0.4, 0.5) is 0 Å². The minimum absolute atomic E-state index is 0.0202. The monoisotopic (exact) mass is 540 g/mol. The first kappa shape index (κ1) is 33.3. The highest BCUT2D eigenvalue weighted by Gasteiger charge is 2.52. The second-order valence-corrected chi connectivity index (χ2v) is 21.5. The molecule has 1 rings (SSSR count). The predicted molar refractivity (Wildman–Crippen MR) is 155 cm³/mol. The lowest BCUT2D eigenvalue weighted by atomic mass is 9.86. The van der Waals surface area contributed by atoms with Gasteiger partial charge in [-0.15, -0.1) is 0 Å². The topological polar surface area (TPSA) is 61.8 Å². The van der Waals surface area contributed by atoms with E-state index in [0.717, 1.165) is 31.0 Å². The number of ketones is 1. The van der Waals surface area contributed by atoms with Gasteiger partial charge in [-0.3, -0.25) is 9.59 Å². The Balaban J connectivity index is 3.42. The molecule has 1 fully saturated rings. The zero-order valence-corrected chi connectivity index (χ0v) is 27.1. The van der Waals surface area contributed by atoms with Gasteiger partial charge in [0.25, 0.3) is 0 Å². The summed E-state index contributed by atoms with van der Waals surface area (Å²) in [6.07, 6.45) is 8.83. The normalized spacial score (nSPS) is 22.4. The third-order valence-electron chi connectivity index (χ3n) is 8.65. The van der Waals surface area contributed by atoms with E-state index in [1.165, 1.54) is 12.8 Å².